The maximum Gasteiger partial charge on any atom is 0.344 e. The molecular formula is C20H22N4O2. The molecule has 134 valence electrons. The summed E-state index contributed by atoms with van der Waals surface area (Å²) in [6.07, 6.45) is 1.71. The third kappa shape index (κ3) is 3.15. The third-order valence-electron chi connectivity index (χ3n) is 4.72. The van der Waals surface area contributed by atoms with E-state index in [2.05, 4.69) is 21.3 Å². The highest BCUT2D eigenvalue weighted by Gasteiger charge is 2.13. The Balaban J connectivity index is 1.71. The van der Waals surface area contributed by atoms with Crippen LogP contribution < -0.4 is 20.7 Å². The predicted molar refractivity (Wildman–Crippen MR) is 105 cm³/mol. The minimum Gasteiger partial charge on any atom is -0.422 e. The summed E-state index contributed by atoms with van der Waals surface area (Å²) in [4.78, 5) is 21.1. The molecule has 1 saturated heterocycles. The van der Waals surface area contributed by atoms with Crippen LogP contribution in [0.2, 0.25) is 0 Å². The largest absolute Gasteiger partial charge is 0.422 e. The van der Waals surface area contributed by atoms with E-state index >= 15 is 0 Å². The van der Waals surface area contributed by atoms with Gasteiger partial charge in [-0.15, -0.1) is 0 Å². The molecule has 0 unspecified atom stereocenters. The second-order valence-electron chi connectivity index (χ2n) is 6.71. The Morgan fingerprint density at radius 1 is 1.12 bits per heavy atom. The zero-order chi connectivity index (χ0) is 18.1. The summed E-state index contributed by atoms with van der Waals surface area (Å²) in [5.74, 6) is 0.847. The molecule has 0 radical (unpaired) electrons. The third-order valence-corrected chi connectivity index (χ3v) is 4.72. The van der Waals surface area contributed by atoms with Gasteiger partial charge in [0.25, 0.3) is 0 Å². The second-order valence-corrected chi connectivity index (χ2v) is 6.71. The average molecular weight is 350 g/mol. The molecule has 1 fully saturated rings. The van der Waals surface area contributed by atoms with Crippen LogP contribution in [0.4, 0.5) is 11.5 Å². The summed E-state index contributed by atoms with van der Waals surface area (Å²) in [6, 6.07) is 11.7. The summed E-state index contributed by atoms with van der Waals surface area (Å²) in [5, 5.41) is 4.26. The van der Waals surface area contributed by atoms with Crippen LogP contribution in [0.3, 0.4) is 0 Å². The van der Waals surface area contributed by atoms with Crippen molar-refractivity contribution in [3.8, 4) is 11.1 Å². The van der Waals surface area contributed by atoms with E-state index in [4.69, 9.17) is 4.42 Å². The molecule has 1 aromatic carbocycles. The standard InChI is InChI=1S/C20H22N4O2/c1-23(2)19-6-4-15(13-22-19)17-11-14-3-5-16(12-18(14)26-20(17)25)24-9-7-21-8-10-24/h3-6,11-13,21H,7-10H2,1-2H3. The monoisotopic (exact) mass is 350 g/mol. The summed E-state index contributed by atoms with van der Waals surface area (Å²) >= 11 is 0. The van der Waals surface area contributed by atoms with Crippen molar-refractivity contribution in [1.82, 2.24) is 10.3 Å². The van der Waals surface area contributed by atoms with Crippen molar-refractivity contribution in [3.63, 3.8) is 0 Å². The molecule has 3 heterocycles. The number of piperazine rings is 1. The Morgan fingerprint density at radius 3 is 2.62 bits per heavy atom. The number of benzene rings is 1. The van der Waals surface area contributed by atoms with Gasteiger partial charge in [0.1, 0.15) is 11.4 Å². The first kappa shape index (κ1) is 16.6. The normalized spacial score (nSPS) is 14.6. The zero-order valence-corrected chi connectivity index (χ0v) is 15.0. The van der Waals surface area contributed by atoms with E-state index in [1.165, 1.54) is 0 Å². The Hall–Kier alpha value is -2.86. The quantitative estimate of drug-likeness (QED) is 0.732. The number of fused-ring (bicyclic) bond motifs is 1. The molecule has 3 aromatic rings. The van der Waals surface area contributed by atoms with Gasteiger partial charge in [0.05, 0.1) is 5.56 Å². The van der Waals surface area contributed by atoms with Crippen LogP contribution in [-0.2, 0) is 0 Å². The van der Waals surface area contributed by atoms with Gasteiger partial charge in [-0.25, -0.2) is 9.78 Å². The zero-order valence-electron chi connectivity index (χ0n) is 15.0. The maximum atomic E-state index is 12.5. The SMILES string of the molecule is CN(C)c1ccc(-c2cc3ccc(N4CCNCC4)cc3oc2=O)cn1. The molecule has 0 saturated carbocycles. The van der Waals surface area contributed by atoms with E-state index in [0.717, 1.165) is 48.6 Å². The van der Waals surface area contributed by atoms with Gasteiger partial charge in [-0.1, -0.05) is 0 Å². The fourth-order valence-electron chi connectivity index (χ4n) is 3.23. The van der Waals surface area contributed by atoms with Crippen molar-refractivity contribution in [2.24, 2.45) is 0 Å². The molecule has 0 amide bonds. The molecule has 1 aliphatic heterocycles. The van der Waals surface area contributed by atoms with Crippen LogP contribution in [0.1, 0.15) is 0 Å². The maximum absolute atomic E-state index is 12.5. The molecule has 0 spiro atoms. The van der Waals surface area contributed by atoms with Gasteiger partial charge in [0.15, 0.2) is 0 Å². The summed E-state index contributed by atoms with van der Waals surface area (Å²) < 4.78 is 5.62. The van der Waals surface area contributed by atoms with Gasteiger partial charge in [-0.05, 0) is 30.3 Å². The highest BCUT2D eigenvalue weighted by Crippen LogP contribution is 2.25. The van der Waals surface area contributed by atoms with Crippen molar-refractivity contribution >= 4 is 22.5 Å². The molecule has 6 heteroatoms. The first-order valence-corrected chi connectivity index (χ1v) is 8.79. The molecule has 1 N–H and O–H groups in total. The Labute approximate surface area is 152 Å². The van der Waals surface area contributed by atoms with Gasteiger partial charge < -0.3 is 19.5 Å². The summed E-state index contributed by atoms with van der Waals surface area (Å²) in [7, 11) is 3.87. The van der Waals surface area contributed by atoms with Gasteiger partial charge >= 0.3 is 5.63 Å². The highest BCUT2D eigenvalue weighted by atomic mass is 16.4. The first-order valence-electron chi connectivity index (χ1n) is 8.79. The number of hydrogen-bond acceptors (Lipinski definition) is 6. The molecular weight excluding hydrogens is 328 g/mol. The van der Waals surface area contributed by atoms with Crippen LogP contribution in [-0.4, -0.2) is 45.3 Å². The molecule has 6 nitrogen and oxygen atoms in total. The molecule has 4 rings (SSSR count). The molecule has 26 heavy (non-hydrogen) atoms. The summed E-state index contributed by atoms with van der Waals surface area (Å²) in [5.41, 5.74) is 2.66. The fraction of sp³-hybridized carbons (Fsp3) is 0.300. The number of rotatable bonds is 3. The second kappa shape index (κ2) is 6.80. The number of pyridine rings is 1. The molecule has 2 aromatic heterocycles. The lowest BCUT2D eigenvalue weighted by atomic mass is 10.1. The van der Waals surface area contributed by atoms with Crippen molar-refractivity contribution < 1.29 is 4.42 Å². The van der Waals surface area contributed by atoms with Crippen molar-refractivity contribution in [1.29, 1.82) is 0 Å². The van der Waals surface area contributed by atoms with E-state index in [9.17, 15) is 4.79 Å². The van der Waals surface area contributed by atoms with E-state index in [1.807, 2.05) is 49.3 Å². The van der Waals surface area contributed by atoms with Crippen molar-refractivity contribution in [2.75, 3.05) is 50.1 Å². The first-order chi connectivity index (χ1) is 12.6. The van der Waals surface area contributed by atoms with E-state index in [1.54, 1.807) is 6.20 Å². The van der Waals surface area contributed by atoms with Crippen molar-refractivity contribution in [2.45, 2.75) is 0 Å². The molecule has 0 bridgehead atoms. The van der Waals surface area contributed by atoms with Crippen molar-refractivity contribution in [3.05, 3.63) is 53.0 Å². The lowest BCUT2D eigenvalue weighted by Crippen LogP contribution is -2.43. The number of nitrogens with one attached hydrogen (secondary N) is 1. The Kier molecular flexibility index (Phi) is 4.34. The number of anilines is 2. The summed E-state index contributed by atoms with van der Waals surface area (Å²) in [6.45, 7) is 3.85. The molecule has 0 aliphatic carbocycles. The Morgan fingerprint density at radius 2 is 1.92 bits per heavy atom. The predicted octanol–water partition coefficient (Wildman–Crippen LogP) is 2.33. The van der Waals surface area contributed by atoms with Crippen LogP contribution in [0.5, 0.6) is 0 Å². The lowest BCUT2D eigenvalue weighted by molar-refractivity contribution is 0.561. The van der Waals surface area contributed by atoms with Gasteiger partial charge in [-0.2, -0.15) is 0 Å². The minimum atomic E-state index is -0.339. The van der Waals surface area contributed by atoms with Crippen LogP contribution >= 0.6 is 0 Å². The van der Waals surface area contributed by atoms with Crippen LogP contribution in [0.15, 0.2) is 51.8 Å². The smallest absolute Gasteiger partial charge is 0.344 e. The van der Waals surface area contributed by atoms with Crippen LogP contribution in [0.25, 0.3) is 22.1 Å². The fourth-order valence-corrected chi connectivity index (χ4v) is 3.23. The molecule has 0 atom stereocenters. The topological polar surface area (TPSA) is 61.6 Å². The number of hydrogen-bond donors (Lipinski definition) is 1. The minimum absolute atomic E-state index is 0.339. The highest BCUT2D eigenvalue weighted by molar-refractivity contribution is 5.84. The van der Waals surface area contributed by atoms with E-state index in [-0.39, 0.29) is 5.63 Å². The van der Waals surface area contributed by atoms with E-state index in [0.29, 0.717) is 11.1 Å². The van der Waals surface area contributed by atoms with E-state index < -0.39 is 0 Å². The number of nitrogens with zero attached hydrogens (tertiary/aromatic N) is 3. The number of aromatic nitrogens is 1. The van der Waals surface area contributed by atoms with Crippen LogP contribution in [0, 0.1) is 0 Å². The average Bonchev–Trinajstić information content (AvgIpc) is 2.68. The van der Waals surface area contributed by atoms with Gasteiger partial charge in [0, 0.05) is 69.2 Å². The molecule has 1 aliphatic rings. The van der Waals surface area contributed by atoms with Gasteiger partial charge in [-0.3, -0.25) is 0 Å². The Bertz CT molecular complexity index is 973. The lowest BCUT2D eigenvalue weighted by Gasteiger charge is -2.29. The van der Waals surface area contributed by atoms with Gasteiger partial charge in [0.2, 0.25) is 0 Å².